The molecule has 0 radical (unpaired) electrons. The molecule has 8 nitrogen and oxygen atoms in total. The topological polar surface area (TPSA) is 94.6 Å². The van der Waals surface area contributed by atoms with E-state index in [1.807, 2.05) is 12.1 Å². The summed E-state index contributed by atoms with van der Waals surface area (Å²) in [6.07, 6.45) is 5.04. The minimum Gasteiger partial charge on any atom is -0.401 e. The second kappa shape index (κ2) is 4.24. The predicted octanol–water partition coefficient (Wildman–Crippen LogP) is 1.00. The van der Waals surface area contributed by atoms with E-state index in [9.17, 15) is 0 Å². The third-order valence-electron chi connectivity index (χ3n) is 2.16. The zero-order valence-electron chi connectivity index (χ0n) is 9.48. The lowest BCUT2D eigenvalue weighted by Gasteiger charge is -1.97. The average molecular weight is 243 g/mol. The Bertz CT molecular complexity index is 645. The number of anilines is 2. The lowest BCUT2D eigenvalue weighted by atomic mass is 10.4. The Balaban J connectivity index is 1.82. The highest BCUT2D eigenvalue weighted by molar-refractivity contribution is 5.52. The van der Waals surface area contributed by atoms with Crippen LogP contribution in [0.4, 0.5) is 11.7 Å². The van der Waals surface area contributed by atoms with Gasteiger partial charge in [0.15, 0.2) is 5.69 Å². The quantitative estimate of drug-likeness (QED) is 0.733. The van der Waals surface area contributed by atoms with Crippen molar-refractivity contribution in [3.05, 3.63) is 30.7 Å². The van der Waals surface area contributed by atoms with Crippen molar-refractivity contribution in [3.63, 3.8) is 0 Å². The molecule has 3 aromatic heterocycles. The number of aryl methyl sites for hydroxylation is 1. The van der Waals surface area contributed by atoms with Crippen LogP contribution >= 0.6 is 0 Å². The molecule has 3 aromatic rings. The van der Waals surface area contributed by atoms with E-state index >= 15 is 0 Å². The van der Waals surface area contributed by atoms with Gasteiger partial charge in [0.25, 0.3) is 5.89 Å². The van der Waals surface area contributed by atoms with Gasteiger partial charge in [-0.05, 0) is 12.1 Å². The fourth-order valence-corrected chi connectivity index (χ4v) is 1.38. The van der Waals surface area contributed by atoms with Gasteiger partial charge in [-0.1, -0.05) is 10.3 Å². The molecule has 3 heterocycles. The number of hydrogen-bond acceptors (Lipinski definition) is 7. The maximum atomic E-state index is 5.41. The molecule has 0 atom stereocenters. The van der Waals surface area contributed by atoms with Gasteiger partial charge in [-0.2, -0.15) is 0 Å². The van der Waals surface area contributed by atoms with Gasteiger partial charge < -0.3 is 9.73 Å². The minimum absolute atomic E-state index is 0.281. The first-order valence-corrected chi connectivity index (χ1v) is 5.18. The summed E-state index contributed by atoms with van der Waals surface area (Å²) >= 11 is 0. The lowest BCUT2D eigenvalue weighted by molar-refractivity contribution is 0.585. The summed E-state index contributed by atoms with van der Waals surface area (Å²) in [6, 6.07) is 3.94. The van der Waals surface area contributed by atoms with Gasteiger partial charge in [0.2, 0.25) is 0 Å². The summed E-state index contributed by atoms with van der Waals surface area (Å²) in [7, 11) is 1.77. The Morgan fingerprint density at radius 2 is 2.22 bits per heavy atom. The van der Waals surface area contributed by atoms with Crippen molar-refractivity contribution >= 4 is 11.7 Å². The Kier molecular flexibility index (Phi) is 2.45. The highest BCUT2D eigenvalue weighted by Crippen LogP contribution is 2.19. The molecule has 0 aliphatic rings. The van der Waals surface area contributed by atoms with E-state index in [2.05, 4.69) is 30.8 Å². The lowest BCUT2D eigenvalue weighted by Crippen LogP contribution is -1.90. The molecule has 3 rings (SSSR count). The molecule has 0 aliphatic carbocycles. The zero-order chi connectivity index (χ0) is 12.4. The number of aromatic nitrogens is 6. The summed E-state index contributed by atoms with van der Waals surface area (Å²) in [5, 5.41) is 18.4. The molecule has 0 saturated heterocycles. The maximum absolute atomic E-state index is 5.41. The molecule has 1 N–H and O–H groups in total. The minimum atomic E-state index is 0.281. The van der Waals surface area contributed by atoms with Crippen LogP contribution in [0.15, 0.2) is 35.1 Å². The van der Waals surface area contributed by atoms with Crippen molar-refractivity contribution in [2.75, 3.05) is 5.32 Å². The first-order chi connectivity index (χ1) is 8.81. The molecule has 0 fully saturated rings. The first-order valence-electron chi connectivity index (χ1n) is 5.18. The van der Waals surface area contributed by atoms with Gasteiger partial charge in [-0.3, -0.25) is 9.67 Å². The van der Waals surface area contributed by atoms with Crippen LogP contribution in [0.3, 0.4) is 0 Å². The summed E-state index contributed by atoms with van der Waals surface area (Å²) in [4.78, 5) is 3.97. The molecule has 0 unspecified atom stereocenters. The van der Waals surface area contributed by atoms with Crippen LogP contribution in [0.5, 0.6) is 0 Å². The molecule has 0 aromatic carbocycles. The SMILES string of the molecule is Cn1cc(-c2nnc(Nc3cccnc3)o2)nn1. The molecule has 18 heavy (non-hydrogen) atoms. The van der Waals surface area contributed by atoms with Gasteiger partial charge in [0.1, 0.15) is 0 Å². The van der Waals surface area contributed by atoms with E-state index < -0.39 is 0 Å². The predicted molar refractivity (Wildman–Crippen MR) is 61.8 cm³/mol. The van der Waals surface area contributed by atoms with Gasteiger partial charge >= 0.3 is 6.01 Å². The monoisotopic (exact) mass is 243 g/mol. The third-order valence-corrected chi connectivity index (χ3v) is 2.16. The van der Waals surface area contributed by atoms with Crippen LogP contribution < -0.4 is 5.32 Å². The van der Waals surface area contributed by atoms with Crippen LogP contribution in [-0.4, -0.2) is 30.2 Å². The van der Waals surface area contributed by atoms with Crippen LogP contribution in [-0.2, 0) is 7.05 Å². The first kappa shape index (κ1) is 10.4. The van der Waals surface area contributed by atoms with Crippen molar-refractivity contribution < 1.29 is 4.42 Å². The van der Waals surface area contributed by atoms with Gasteiger partial charge in [-0.25, -0.2) is 0 Å². The maximum Gasteiger partial charge on any atom is 0.320 e. The zero-order valence-corrected chi connectivity index (χ0v) is 9.48. The number of hydrogen-bond donors (Lipinski definition) is 1. The molecular weight excluding hydrogens is 234 g/mol. The van der Waals surface area contributed by atoms with E-state index in [1.165, 1.54) is 0 Å². The van der Waals surface area contributed by atoms with Crippen molar-refractivity contribution in [1.29, 1.82) is 0 Å². The number of nitrogens with one attached hydrogen (secondary N) is 1. The van der Waals surface area contributed by atoms with E-state index in [4.69, 9.17) is 4.42 Å². The molecule has 0 saturated carbocycles. The highest BCUT2D eigenvalue weighted by atomic mass is 16.4. The molecule has 0 bridgehead atoms. The molecule has 0 amide bonds. The van der Waals surface area contributed by atoms with Crippen LogP contribution in [0.2, 0.25) is 0 Å². The smallest absolute Gasteiger partial charge is 0.320 e. The summed E-state index contributed by atoms with van der Waals surface area (Å²) in [5.41, 5.74) is 1.30. The summed E-state index contributed by atoms with van der Waals surface area (Å²) < 4.78 is 6.97. The van der Waals surface area contributed by atoms with E-state index in [-0.39, 0.29) is 6.01 Å². The van der Waals surface area contributed by atoms with E-state index in [1.54, 1.807) is 30.3 Å². The molecule has 8 heteroatoms. The van der Waals surface area contributed by atoms with Gasteiger partial charge in [-0.15, -0.1) is 10.2 Å². The average Bonchev–Trinajstić information content (AvgIpc) is 2.99. The molecule has 0 spiro atoms. The molecule has 0 aliphatic heterocycles. The molecule has 90 valence electrons. The summed E-state index contributed by atoms with van der Waals surface area (Å²) in [5.74, 6) is 0.314. The Morgan fingerprint density at radius 3 is 2.94 bits per heavy atom. The molecular formula is C10H9N7O. The van der Waals surface area contributed by atoms with Crippen molar-refractivity contribution in [3.8, 4) is 11.6 Å². The van der Waals surface area contributed by atoms with Crippen molar-refractivity contribution in [2.24, 2.45) is 7.05 Å². The highest BCUT2D eigenvalue weighted by Gasteiger charge is 2.11. The van der Waals surface area contributed by atoms with Gasteiger partial charge in [0, 0.05) is 13.2 Å². The fourth-order valence-electron chi connectivity index (χ4n) is 1.38. The number of rotatable bonds is 3. The second-order valence-corrected chi connectivity index (χ2v) is 3.56. The standard InChI is InChI=1S/C10H9N7O/c1-17-6-8(13-16-17)9-14-15-10(18-9)12-7-3-2-4-11-5-7/h2-6H,1H3,(H,12,15). The Labute approximate surface area is 102 Å². The third kappa shape index (κ3) is 2.03. The number of pyridine rings is 1. The van der Waals surface area contributed by atoms with E-state index in [0.717, 1.165) is 5.69 Å². The fraction of sp³-hybridized carbons (Fsp3) is 0.100. The number of nitrogens with zero attached hydrogens (tertiary/aromatic N) is 6. The van der Waals surface area contributed by atoms with Crippen LogP contribution in [0, 0.1) is 0 Å². The van der Waals surface area contributed by atoms with Crippen LogP contribution in [0.25, 0.3) is 11.6 Å². The van der Waals surface area contributed by atoms with Gasteiger partial charge in [0.05, 0.1) is 18.1 Å². The van der Waals surface area contributed by atoms with Crippen molar-refractivity contribution in [1.82, 2.24) is 30.2 Å². The van der Waals surface area contributed by atoms with Crippen LogP contribution in [0.1, 0.15) is 0 Å². The Morgan fingerprint density at radius 1 is 1.28 bits per heavy atom. The second-order valence-electron chi connectivity index (χ2n) is 3.56. The Hall–Kier alpha value is -2.77. The van der Waals surface area contributed by atoms with E-state index in [0.29, 0.717) is 11.6 Å². The van der Waals surface area contributed by atoms with Crippen molar-refractivity contribution in [2.45, 2.75) is 0 Å². The normalized spacial score (nSPS) is 10.5. The largest absolute Gasteiger partial charge is 0.401 e. The summed E-state index contributed by atoms with van der Waals surface area (Å²) in [6.45, 7) is 0.